The predicted octanol–water partition coefficient (Wildman–Crippen LogP) is 4.60. The molecule has 1 saturated heterocycles. The molecule has 18 heavy (non-hydrogen) atoms. The number of benzene rings is 1. The maximum Gasteiger partial charge on any atom is 0.0319 e. The average molecular weight is 245 g/mol. The summed E-state index contributed by atoms with van der Waals surface area (Å²) in [6.45, 7) is 11.8. The van der Waals surface area contributed by atoms with Crippen LogP contribution in [0.25, 0.3) is 0 Å². The van der Waals surface area contributed by atoms with Gasteiger partial charge in [-0.05, 0) is 55.8 Å². The molecule has 0 aromatic heterocycles. The van der Waals surface area contributed by atoms with E-state index < -0.39 is 0 Å². The molecule has 0 unspecified atom stereocenters. The molecule has 0 saturated carbocycles. The summed E-state index contributed by atoms with van der Waals surface area (Å²) < 4.78 is 0. The van der Waals surface area contributed by atoms with Crippen LogP contribution in [0.4, 0.5) is 0 Å². The van der Waals surface area contributed by atoms with E-state index in [4.69, 9.17) is 0 Å². The van der Waals surface area contributed by atoms with Gasteiger partial charge in [-0.1, -0.05) is 45.0 Å². The van der Waals surface area contributed by atoms with Crippen molar-refractivity contribution in [2.75, 3.05) is 13.1 Å². The van der Waals surface area contributed by atoms with Crippen LogP contribution in [0.5, 0.6) is 0 Å². The first-order chi connectivity index (χ1) is 8.58. The van der Waals surface area contributed by atoms with E-state index in [1.54, 1.807) is 0 Å². The fourth-order valence-corrected chi connectivity index (χ4v) is 2.80. The van der Waals surface area contributed by atoms with Gasteiger partial charge in [-0.15, -0.1) is 0 Å². The van der Waals surface area contributed by atoms with Gasteiger partial charge >= 0.3 is 0 Å². The van der Waals surface area contributed by atoms with Crippen molar-refractivity contribution in [1.82, 2.24) is 4.90 Å². The van der Waals surface area contributed by atoms with Crippen molar-refractivity contribution in [3.63, 3.8) is 0 Å². The van der Waals surface area contributed by atoms with Gasteiger partial charge in [0.05, 0.1) is 0 Å². The Morgan fingerprint density at radius 3 is 2.28 bits per heavy atom. The molecule has 0 bridgehead atoms. The normalized spacial score (nSPS) is 20.3. The van der Waals surface area contributed by atoms with Crippen molar-refractivity contribution in [3.8, 4) is 0 Å². The quantitative estimate of drug-likeness (QED) is 0.752. The average Bonchev–Trinajstić information content (AvgIpc) is 2.39. The maximum atomic E-state index is 2.64. The Morgan fingerprint density at radius 1 is 1.06 bits per heavy atom. The SMILES string of the molecule is CC1CCN([C@H](C)c2cccc(C(C)C)c2)CC1. The summed E-state index contributed by atoms with van der Waals surface area (Å²) in [6.07, 6.45) is 2.71. The number of piperidine rings is 1. The van der Waals surface area contributed by atoms with E-state index in [1.165, 1.54) is 37.1 Å². The summed E-state index contributed by atoms with van der Waals surface area (Å²) in [5.41, 5.74) is 2.94. The Bertz CT molecular complexity index is 375. The second kappa shape index (κ2) is 5.88. The lowest BCUT2D eigenvalue weighted by molar-refractivity contribution is 0.147. The first kappa shape index (κ1) is 13.6. The molecular formula is C17H27N. The third-order valence-corrected chi connectivity index (χ3v) is 4.43. The zero-order chi connectivity index (χ0) is 13.1. The first-order valence-electron chi connectivity index (χ1n) is 7.42. The zero-order valence-electron chi connectivity index (χ0n) is 12.3. The molecule has 1 aromatic rings. The van der Waals surface area contributed by atoms with Crippen LogP contribution < -0.4 is 0 Å². The van der Waals surface area contributed by atoms with Gasteiger partial charge in [0.15, 0.2) is 0 Å². The summed E-state index contributed by atoms with van der Waals surface area (Å²) in [5, 5.41) is 0. The van der Waals surface area contributed by atoms with Crippen molar-refractivity contribution in [3.05, 3.63) is 35.4 Å². The number of likely N-dealkylation sites (tertiary alicyclic amines) is 1. The van der Waals surface area contributed by atoms with Crippen molar-refractivity contribution >= 4 is 0 Å². The summed E-state index contributed by atoms with van der Waals surface area (Å²) in [7, 11) is 0. The molecule has 1 aromatic carbocycles. The summed E-state index contributed by atoms with van der Waals surface area (Å²) in [5.74, 6) is 1.54. The topological polar surface area (TPSA) is 3.24 Å². The smallest absolute Gasteiger partial charge is 0.0319 e. The van der Waals surface area contributed by atoms with Gasteiger partial charge in [-0.25, -0.2) is 0 Å². The molecule has 2 rings (SSSR count). The molecule has 1 aliphatic heterocycles. The van der Waals surface area contributed by atoms with Crippen molar-refractivity contribution < 1.29 is 0 Å². The van der Waals surface area contributed by atoms with Gasteiger partial charge in [0.2, 0.25) is 0 Å². The highest BCUT2D eigenvalue weighted by atomic mass is 15.2. The Labute approximate surface area is 112 Å². The van der Waals surface area contributed by atoms with E-state index in [-0.39, 0.29) is 0 Å². The monoisotopic (exact) mass is 245 g/mol. The third-order valence-electron chi connectivity index (χ3n) is 4.43. The molecule has 0 radical (unpaired) electrons. The number of hydrogen-bond acceptors (Lipinski definition) is 1. The number of nitrogens with zero attached hydrogens (tertiary/aromatic N) is 1. The lowest BCUT2D eigenvalue weighted by Crippen LogP contribution is -2.35. The molecule has 1 aliphatic rings. The van der Waals surface area contributed by atoms with E-state index >= 15 is 0 Å². The molecule has 0 aliphatic carbocycles. The molecule has 0 N–H and O–H groups in total. The number of hydrogen-bond donors (Lipinski definition) is 0. The minimum atomic E-state index is 0.566. The molecule has 1 heteroatoms. The van der Waals surface area contributed by atoms with Crippen molar-refractivity contribution in [2.45, 2.75) is 52.5 Å². The van der Waals surface area contributed by atoms with Gasteiger partial charge in [-0.3, -0.25) is 4.90 Å². The van der Waals surface area contributed by atoms with Gasteiger partial charge in [0.1, 0.15) is 0 Å². The number of rotatable bonds is 3. The Hall–Kier alpha value is -0.820. The molecule has 1 fully saturated rings. The zero-order valence-corrected chi connectivity index (χ0v) is 12.3. The van der Waals surface area contributed by atoms with E-state index in [0.29, 0.717) is 12.0 Å². The molecular weight excluding hydrogens is 218 g/mol. The fraction of sp³-hybridized carbons (Fsp3) is 0.647. The molecule has 0 amide bonds. The summed E-state index contributed by atoms with van der Waals surface area (Å²) >= 11 is 0. The largest absolute Gasteiger partial charge is 0.297 e. The van der Waals surface area contributed by atoms with E-state index in [0.717, 1.165) is 5.92 Å². The van der Waals surface area contributed by atoms with Crippen LogP contribution in [-0.4, -0.2) is 18.0 Å². The highest BCUT2D eigenvalue weighted by Crippen LogP contribution is 2.28. The van der Waals surface area contributed by atoms with Gasteiger partial charge < -0.3 is 0 Å². The fourth-order valence-electron chi connectivity index (χ4n) is 2.80. The Morgan fingerprint density at radius 2 is 1.67 bits per heavy atom. The molecule has 1 heterocycles. The van der Waals surface area contributed by atoms with Crippen molar-refractivity contribution in [1.29, 1.82) is 0 Å². The second-order valence-corrected chi connectivity index (χ2v) is 6.22. The van der Waals surface area contributed by atoms with E-state index in [2.05, 4.69) is 56.9 Å². The van der Waals surface area contributed by atoms with E-state index in [9.17, 15) is 0 Å². The van der Waals surface area contributed by atoms with Crippen LogP contribution in [0, 0.1) is 5.92 Å². The maximum absolute atomic E-state index is 2.64. The van der Waals surface area contributed by atoms with Crippen LogP contribution in [0.15, 0.2) is 24.3 Å². The first-order valence-corrected chi connectivity index (χ1v) is 7.42. The highest BCUT2D eigenvalue weighted by Gasteiger charge is 2.21. The lowest BCUT2D eigenvalue weighted by atomic mass is 9.94. The Kier molecular flexibility index (Phi) is 4.45. The molecule has 0 spiro atoms. The van der Waals surface area contributed by atoms with Crippen LogP contribution in [0.1, 0.15) is 63.6 Å². The predicted molar refractivity (Wildman–Crippen MR) is 78.9 cm³/mol. The summed E-state index contributed by atoms with van der Waals surface area (Å²) in [4.78, 5) is 2.64. The minimum Gasteiger partial charge on any atom is -0.297 e. The van der Waals surface area contributed by atoms with E-state index in [1.807, 2.05) is 0 Å². The summed E-state index contributed by atoms with van der Waals surface area (Å²) in [6, 6.07) is 9.71. The lowest BCUT2D eigenvalue weighted by Gasteiger charge is -2.35. The Balaban J connectivity index is 2.08. The van der Waals surface area contributed by atoms with Crippen LogP contribution >= 0.6 is 0 Å². The van der Waals surface area contributed by atoms with Gasteiger partial charge in [-0.2, -0.15) is 0 Å². The highest BCUT2D eigenvalue weighted by molar-refractivity contribution is 5.27. The van der Waals surface area contributed by atoms with Gasteiger partial charge in [0, 0.05) is 6.04 Å². The minimum absolute atomic E-state index is 0.566. The third kappa shape index (κ3) is 3.14. The molecule has 1 nitrogen and oxygen atoms in total. The molecule has 1 atom stereocenters. The van der Waals surface area contributed by atoms with Crippen LogP contribution in [0.3, 0.4) is 0 Å². The van der Waals surface area contributed by atoms with Crippen LogP contribution in [-0.2, 0) is 0 Å². The standard InChI is InChI=1S/C17H27N/c1-13(2)16-6-5-7-17(12-16)15(4)18-10-8-14(3)9-11-18/h5-7,12-15H,8-11H2,1-4H3/t15-/m1/s1. The molecule has 100 valence electrons. The second-order valence-electron chi connectivity index (χ2n) is 6.22. The van der Waals surface area contributed by atoms with Gasteiger partial charge in [0.25, 0.3) is 0 Å². The van der Waals surface area contributed by atoms with Crippen LogP contribution in [0.2, 0.25) is 0 Å². The van der Waals surface area contributed by atoms with Crippen molar-refractivity contribution in [2.24, 2.45) is 5.92 Å².